The van der Waals surface area contributed by atoms with Gasteiger partial charge in [0.15, 0.2) is 24.7 Å². The van der Waals surface area contributed by atoms with E-state index in [1.165, 1.54) is 34.5 Å². The maximum Gasteiger partial charge on any atom is 0.308 e. The van der Waals surface area contributed by atoms with Crippen LogP contribution in [0.2, 0.25) is 0 Å². The third kappa shape index (κ3) is 16.8. The maximum atomic E-state index is 14.1. The van der Waals surface area contributed by atoms with Crippen LogP contribution in [0.15, 0.2) is 23.8 Å². The number of esters is 1. The van der Waals surface area contributed by atoms with Crippen LogP contribution in [0.25, 0.3) is 0 Å². The molecule has 18 heteroatoms. The molecule has 0 amide bonds. The molecule has 0 saturated carbocycles. The number of ketones is 1. The Morgan fingerprint density at radius 2 is 1.53 bits per heavy atom. The monoisotopic (exact) mass is 1000 g/mol. The minimum atomic E-state index is -1.41. The molecule has 4 aliphatic rings. The largest absolute Gasteiger partial charge is 0.462 e. The van der Waals surface area contributed by atoms with Gasteiger partial charge in [0.25, 0.3) is 0 Å². The molecule has 406 valence electrons. The molecule has 18 nitrogen and oxygen atoms in total. The van der Waals surface area contributed by atoms with E-state index in [4.69, 9.17) is 42.6 Å². The summed E-state index contributed by atoms with van der Waals surface area (Å²) in [6.07, 6.45) is -3.75. The van der Waals surface area contributed by atoms with Gasteiger partial charge in [-0.15, -0.1) is 0 Å². The lowest BCUT2D eigenvalue weighted by Crippen LogP contribution is -2.64. The quantitative estimate of drug-likeness (QED) is 0.0974. The lowest BCUT2D eigenvalue weighted by Gasteiger charge is -2.48. The van der Waals surface area contributed by atoms with Gasteiger partial charge in [0, 0.05) is 32.0 Å². The van der Waals surface area contributed by atoms with Crippen molar-refractivity contribution in [2.75, 3.05) is 54.6 Å². The minimum absolute atomic E-state index is 0.0247. The summed E-state index contributed by atoms with van der Waals surface area (Å²) in [5, 5.41) is 56.1. The van der Waals surface area contributed by atoms with Crippen molar-refractivity contribution in [2.24, 2.45) is 23.7 Å². The molecule has 20 atom stereocenters. The summed E-state index contributed by atoms with van der Waals surface area (Å²) < 4.78 is 55.6. The maximum absolute atomic E-state index is 14.1. The molecule has 4 heterocycles. The van der Waals surface area contributed by atoms with Crippen LogP contribution in [0.3, 0.4) is 0 Å². The van der Waals surface area contributed by atoms with Crippen LogP contribution in [-0.2, 0) is 52.2 Å². The van der Waals surface area contributed by atoms with Crippen LogP contribution in [-0.4, -0.2) is 205 Å². The number of likely N-dealkylation sites (N-methyl/N-ethyl adjacent to an activating group) is 1. The van der Waals surface area contributed by atoms with Crippen LogP contribution < -0.4 is 0 Å². The van der Waals surface area contributed by atoms with E-state index in [9.17, 15) is 35.1 Å². The number of rotatable bonds is 18. The summed E-state index contributed by atoms with van der Waals surface area (Å²) in [6.45, 7) is 20.0. The number of nitrogens with zero attached hydrogens (tertiary/aromatic N) is 2. The Hall–Kier alpha value is -1.98. The fraction of sp³-hybridized carbons (Fsp3) is 0.885. The molecule has 0 bridgehead atoms. The van der Waals surface area contributed by atoms with Crippen molar-refractivity contribution < 1.29 is 77.8 Å². The van der Waals surface area contributed by atoms with E-state index >= 15 is 0 Å². The van der Waals surface area contributed by atoms with Crippen LogP contribution in [0.1, 0.15) is 114 Å². The first-order valence-corrected chi connectivity index (χ1v) is 25.8. The van der Waals surface area contributed by atoms with Crippen LogP contribution in [0.5, 0.6) is 0 Å². The van der Waals surface area contributed by atoms with Crippen molar-refractivity contribution >= 4 is 11.8 Å². The van der Waals surface area contributed by atoms with E-state index in [-0.39, 0.29) is 24.7 Å². The molecule has 0 spiro atoms. The van der Waals surface area contributed by atoms with Crippen molar-refractivity contribution in [3.05, 3.63) is 23.8 Å². The topological polar surface area (TPSA) is 225 Å². The summed E-state index contributed by atoms with van der Waals surface area (Å²) in [7, 11) is 6.60. The number of methoxy groups -OCH3 is 2. The molecular formula is C52H92N2O16. The average molecular weight is 1000 g/mol. The molecule has 0 aromatic heterocycles. The fourth-order valence-electron chi connectivity index (χ4n) is 10.6. The normalized spacial score (nSPS) is 39.7. The Balaban J connectivity index is 1.66. The molecular weight excluding hydrogens is 909 g/mol. The Morgan fingerprint density at radius 1 is 0.886 bits per heavy atom. The van der Waals surface area contributed by atoms with E-state index < -0.39 is 127 Å². The molecule has 20 unspecified atom stereocenters. The van der Waals surface area contributed by atoms with Crippen molar-refractivity contribution in [3.63, 3.8) is 0 Å². The molecule has 0 radical (unpaired) electrons. The summed E-state index contributed by atoms with van der Waals surface area (Å²) in [5.41, 5.74) is -0.666. The molecule has 4 aliphatic heterocycles. The molecule has 3 saturated heterocycles. The fourth-order valence-corrected chi connectivity index (χ4v) is 10.6. The second-order valence-electron chi connectivity index (χ2n) is 21.3. The third-order valence-corrected chi connectivity index (χ3v) is 14.9. The van der Waals surface area contributed by atoms with Gasteiger partial charge in [0.1, 0.15) is 42.7 Å². The highest BCUT2D eigenvalue weighted by molar-refractivity contribution is 5.91. The number of hydrogen-bond donors (Lipinski definition) is 5. The van der Waals surface area contributed by atoms with Crippen LogP contribution in [0, 0.1) is 23.7 Å². The number of likely N-dealkylation sites (tertiary alicyclic amines) is 1. The smallest absolute Gasteiger partial charge is 0.308 e. The Kier molecular flexibility index (Phi) is 24.3. The standard InChI is InChI=1S/C52H92N2O16/c1-15-40-37(28-64-51-48(63-14)47(62-13)43(58)32(5)66-51)25-29(2)19-20-38(55)30(3)26-36(21-24-54-22-17-16-18-23-54)45(31(4)39(56)27-41(57)69-40)70-50-44(59)42(53(11)12)46(33(6)67-50)68-35(8)65-34(7)49(60)52(9,10)61/h19-20,25,30-37,39-40,42-51,56,58-61H,15-18,21-24,26-28H2,1-14H3/b20-19+,29-25+. The summed E-state index contributed by atoms with van der Waals surface area (Å²) in [6, 6.07) is -0.672. The molecule has 4 rings (SSSR count). The first-order chi connectivity index (χ1) is 32.9. The predicted octanol–water partition coefficient (Wildman–Crippen LogP) is 3.76. The summed E-state index contributed by atoms with van der Waals surface area (Å²) >= 11 is 0. The Labute approximate surface area is 418 Å². The van der Waals surface area contributed by atoms with Crippen LogP contribution >= 0.6 is 0 Å². The SMILES string of the molecule is CCC1OC(=O)CC(O)C(C)C(OC2OC(C)C(OC(C)OC(C)C(O)C(C)(C)O)C(N(C)C)C2O)C(CCN2CCCCC2)CC(C)C(=O)/C=C/C(C)=C/C1COC1OC(C)C(O)C(OC)C1OC. The highest BCUT2D eigenvalue weighted by atomic mass is 16.7. The van der Waals surface area contributed by atoms with Gasteiger partial charge in [0.2, 0.25) is 0 Å². The van der Waals surface area contributed by atoms with Gasteiger partial charge in [-0.05, 0) is 126 Å². The van der Waals surface area contributed by atoms with E-state index in [0.717, 1.165) is 38.0 Å². The summed E-state index contributed by atoms with van der Waals surface area (Å²) in [5.74, 6) is -2.72. The lowest BCUT2D eigenvalue weighted by molar-refractivity contribution is -0.327. The molecule has 70 heavy (non-hydrogen) atoms. The lowest BCUT2D eigenvalue weighted by atomic mass is 9.79. The van der Waals surface area contributed by atoms with Crippen molar-refractivity contribution in [1.82, 2.24) is 9.80 Å². The Morgan fingerprint density at radius 3 is 2.13 bits per heavy atom. The molecule has 0 aliphatic carbocycles. The predicted molar refractivity (Wildman–Crippen MR) is 261 cm³/mol. The number of aliphatic hydroxyl groups is 5. The number of hydrogen-bond acceptors (Lipinski definition) is 18. The molecule has 0 aromatic carbocycles. The number of aliphatic hydroxyl groups excluding tert-OH is 4. The zero-order valence-corrected chi connectivity index (χ0v) is 44.7. The van der Waals surface area contributed by atoms with Crippen LogP contribution in [0.4, 0.5) is 0 Å². The number of allylic oxidation sites excluding steroid dienone is 3. The van der Waals surface area contributed by atoms with Crippen molar-refractivity contribution in [3.8, 4) is 0 Å². The molecule has 3 fully saturated rings. The Bertz CT molecular complexity index is 1640. The van der Waals surface area contributed by atoms with E-state index in [1.807, 2.05) is 59.7 Å². The van der Waals surface area contributed by atoms with Gasteiger partial charge in [-0.1, -0.05) is 44.9 Å². The van der Waals surface area contributed by atoms with Crippen molar-refractivity contribution in [1.29, 1.82) is 0 Å². The summed E-state index contributed by atoms with van der Waals surface area (Å²) in [4.78, 5) is 32.4. The number of piperidine rings is 1. The van der Waals surface area contributed by atoms with Gasteiger partial charge in [0.05, 0.1) is 55.2 Å². The van der Waals surface area contributed by atoms with Gasteiger partial charge in [-0.2, -0.15) is 0 Å². The van der Waals surface area contributed by atoms with Gasteiger partial charge >= 0.3 is 5.97 Å². The highest BCUT2D eigenvalue weighted by Gasteiger charge is 2.50. The molecule has 5 N–H and O–H groups in total. The number of ether oxygens (including phenoxy) is 9. The first kappa shape index (κ1) is 60.6. The zero-order valence-electron chi connectivity index (χ0n) is 44.7. The second-order valence-corrected chi connectivity index (χ2v) is 21.3. The zero-order chi connectivity index (χ0) is 52.2. The van der Waals surface area contributed by atoms with E-state index in [2.05, 4.69) is 4.90 Å². The first-order valence-electron chi connectivity index (χ1n) is 25.8. The number of cyclic esters (lactones) is 1. The second kappa shape index (κ2) is 28.1. The molecule has 0 aromatic rings. The van der Waals surface area contributed by atoms with Gasteiger partial charge in [-0.3, -0.25) is 9.59 Å². The minimum Gasteiger partial charge on any atom is -0.462 e. The third-order valence-electron chi connectivity index (χ3n) is 14.9. The van der Waals surface area contributed by atoms with Gasteiger partial charge in [-0.25, -0.2) is 0 Å². The average Bonchev–Trinajstić information content (AvgIpc) is 3.30. The number of carbonyl (C=O) groups is 2. The van der Waals surface area contributed by atoms with Crippen molar-refractivity contribution in [2.45, 2.75) is 218 Å². The van der Waals surface area contributed by atoms with E-state index in [0.29, 0.717) is 19.3 Å². The highest BCUT2D eigenvalue weighted by Crippen LogP contribution is 2.36. The van der Waals surface area contributed by atoms with E-state index in [1.54, 1.807) is 32.9 Å². The number of carbonyl (C=O) groups excluding carboxylic acids is 2. The van der Waals surface area contributed by atoms with Gasteiger partial charge < -0.3 is 78.0 Å².